The Hall–Kier alpha value is -1.58. The maximum absolute atomic E-state index is 5.97. The molecule has 0 unspecified atom stereocenters. The number of nitrogens with one attached hydrogen (secondary N) is 1. The monoisotopic (exact) mass is 346 g/mol. The highest BCUT2D eigenvalue weighted by Gasteiger charge is 2.07. The van der Waals surface area contributed by atoms with E-state index in [9.17, 15) is 0 Å². The molecular formula is C16H12BrClN2. The van der Waals surface area contributed by atoms with Crippen LogP contribution in [0.4, 0.5) is 11.5 Å². The Balaban J connectivity index is 2.09. The molecule has 3 aromatic rings. The Morgan fingerprint density at radius 2 is 1.85 bits per heavy atom. The van der Waals surface area contributed by atoms with Gasteiger partial charge in [0.15, 0.2) is 0 Å². The first-order chi connectivity index (χ1) is 9.79. The highest BCUT2D eigenvalue weighted by atomic mass is 79.9. The summed E-state index contributed by atoms with van der Waals surface area (Å²) in [5.74, 6) is 1.30. The van der Waals surface area contributed by atoms with Gasteiger partial charge in [-0.05, 0) is 23.8 Å². The molecule has 0 aliphatic carbocycles. The molecule has 0 amide bonds. The molecule has 1 heterocycles. The van der Waals surface area contributed by atoms with E-state index in [1.807, 2.05) is 42.5 Å². The topological polar surface area (TPSA) is 24.9 Å². The summed E-state index contributed by atoms with van der Waals surface area (Å²) in [6.45, 7) is 0. The molecule has 0 radical (unpaired) electrons. The minimum Gasteiger partial charge on any atom is -0.339 e. The van der Waals surface area contributed by atoms with Gasteiger partial charge < -0.3 is 5.32 Å². The lowest BCUT2D eigenvalue weighted by atomic mass is 10.1. The SMILES string of the molecule is ClCc1ccccc1Nc1nccc2c(Br)cccc12. The summed E-state index contributed by atoms with van der Waals surface area (Å²) in [6.07, 6.45) is 1.80. The lowest BCUT2D eigenvalue weighted by Crippen LogP contribution is -1.97. The molecule has 3 rings (SSSR count). The summed E-state index contributed by atoms with van der Waals surface area (Å²) in [4.78, 5) is 4.44. The third-order valence-corrected chi connectivity index (χ3v) is 4.15. The molecule has 0 saturated heterocycles. The van der Waals surface area contributed by atoms with Gasteiger partial charge in [-0.2, -0.15) is 0 Å². The molecule has 0 aliphatic heterocycles. The molecule has 0 spiro atoms. The number of pyridine rings is 1. The molecule has 2 aromatic carbocycles. The first-order valence-electron chi connectivity index (χ1n) is 6.23. The van der Waals surface area contributed by atoms with Crippen LogP contribution in [0.1, 0.15) is 5.56 Å². The van der Waals surface area contributed by atoms with Crippen LogP contribution in [-0.2, 0) is 5.88 Å². The zero-order valence-corrected chi connectivity index (χ0v) is 12.9. The number of fused-ring (bicyclic) bond motifs is 1. The second-order valence-corrected chi connectivity index (χ2v) is 5.53. The summed E-state index contributed by atoms with van der Waals surface area (Å²) in [7, 11) is 0. The molecule has 4 heteroatoms. The van der Waals surface area contributed by atoms with E-state index in [2.05, 4.69) is 32.3 Å². The molecule has 0 atom stereocenters. The van der Waals surface area contributed by atoms with E-state index in [1.165, 1.54) is 0 Å². The van der Waals surface area contributed by atoms with Crippen LogP contribution in [-0.4, -0.2) is 4.98 Å². The van der Waals surface area contributed by atoms with Crippen LogP contribution in [0.5, 0.6) is 0 Å². The largest absolute Gasteiger partial charge is 0.339 e. The van der Waals surface area contributed by atoms with Crippen molar-refractivity contribution in [1.29, 1.82) is 0 Å². The van der Waals surface area contributed by atoms with E-state index in [1.54, 1.807) is 6.20 Å². The van der Waals surface area contributed by atoms with Gasteiger partial charge in [0.25, 0.3) is 0 Å². The third-order valence-electron chi connectivity index (χ3n) is 3.17. The maximum atomic E-state index is 5.97. The zero-order chi connectivity index (χ0) is 13.9. The fourth-order valence-corrected chi connectivity index (χ4v) is 2.89. The van der Waals surface area contributed by atoms with Gasteiger partial charge in [0.2, 0.25) is 0 Å². The Morgan fingerprint density at radius 3 is 2.70 bits per heavy atom. The fourth-order valence-electron chi connectivity index (χ4n) is 2.15. The van der Waals surface area contributed by atoms with Gasteiger partial charge >= 0.3 is 0 Å². The zero-order valence-electron chi connectivity index (χ0n) is 10.6. The van der Waals surface area contributed by atoms with E-state index in [4.69, 9.17) is 11.6 Å². The van der Waals surface area contributed by atoms with Crippen molar-refractivity contribution in [3.63, 3.8) is 0 Å². The van der Waals surface area contributed by atoms with Crippen LogP contribution < -0.4 is 5.32 Å². The molecule has 0 bridgehead atoms. The van der Waals surface area contributed by atoms with Crippen molar-refractivity contribution in [3.05, 3.63) is 64.8 Å². The van der Waals surface area contributed by atoms with Crippen molar-refractivity contribution in [3.8, 4) is 0 Å². The van der Waals surface area contributed by atoms with E-state index < -0.39 is 0 Å². The summed E-state index contributed by atoms with van der Waals surface area (Å²) in [5.41, 5.74) is 2.05. The number of hydrogen-bond acceptors (Lipinski definition) is 2. The number of benzene rings is 2. The molecule has 1 aromatic heterocycles. The van der Waals surface area contributed by atoms with Crippen LogP contribution in [0, 0.1) is 0 Å². The van der Waals surface area contributed by atoms with E-state index in [-0.39, 0.29) is 0 Å². The van der Waals surface area contributed by atoms with Crippen LogP contribution in [0.15, 0.2) is 59.2 Å². The van der Waals surface area contributed by atoms with Gasteiger partial charge in [-0.15, -0.1) is 11.6 Å². The summed E-state index contributed by atoms with van der Waals surface area (Å²) < 4.78 is 1.06. The molecule has 2 nitrogen and oxygen atoms in total. The van der Waals surface area contributed by atoms with Crippen LogP contribution in [0.3, 0.4) is 0 Å². The summed E-state index contributed by atoms with van der Waals surface area (Å²) in [5, 5.41) is 5.59. The van der Waals surface area contributed by atoms with Crippen molar-refractivity contribution >= 4 is 49.8 Å². The maximum Gasteiger partial charge on any atom is 0.138 e. The number of alkyl halides is 1. The average Bonchev–Trinajstić information content (AvgIpc) is 2.49. The Bertz CT molecular complexity index is 758. The first-order valence-corrected chi connectivity index (χ1v) is 7.56. The first kappa shape index (κ1) is 13.4. The standard InChI is InChI=1S/C16H12BrClN2/c17-14-6-3-5-13-12(14)8-9-19-16(13)20-15-7-2-1-4-11(15)10-18/h1-9H,10H2,(H,19,20). The van der Waals surface area contributed by atoms with Crippen molar-refractivity contribution < 1.29 is 0 Å². The number of rotatable bonds is 3. The second-order valence-electron chi connectivity index (χ2n) is 4.41. The van der Waals surface area contributed by atoms with E-state index in [0.717, 1.165) is 32.3 Å². The highest BCUT2D eigenvalue weighted by molar-refractivity contribution is 9.10. The molecule has 0 aliphatic rings. The molecule has 100 valence electrons. The van der Waals surface area contributed by atoms with Crippen LogP contribution >= 0.6 is 27.5 Å². The van der Waals surface area contributed by atoms with Gasteiger partial charge in [-0.25, -0.2) is 4.98 Å². The third kappa shape index (κ3) is 2.51. The van der Waals surface area contributed by atoms with Gasteiger partial charge in [0.1, 0.15) is 5.82 Å². The molecule has 0 fully saturated rings. The average molecular weight is 348 g/mol. The number of hydrogen-bond donors (Lipinski definition) is 1. The van der Waals surface area contributed by atoms with Crippen molar-refractivity contribution in [1.82, 2.24) is 4.98 Å². The van der Waals surface area contributed by atoms with Crippen LogP contribution in [0.25, 0.3) is 10.8 Å². The normalized spacial score (nSPS) is 10.7. The molecule has 20 heavy (non-hydrogen) atoms. The number of halogens is 2. The number of para-hydroxylation sites is 1. The lowest BCUT2D eigenvalue weighted by Gasteiger charge is -2.12. The predicted octanol–water partition coefficient (Wildman–Crippen LogP) is 5.48. The minimum absolute atomic E-state index is 0.470. The van der Waals surface area contributed by atoms with Gasteiger partial charge in [-0.1, -0.05) is 46.3 Å². The Morgan fingerprint density at radius 1 is 1.00 bits per heavy atom. The predicted molar refractivity (Wildman–Crippen MR) is 88.7 cm³/mol. The summed E-state index contributed by atoms with van der Waals surface area (Å²) >= 11 is 9.54. The van der Waals surface area contributed by atoms with Crippen molar-refractivity contribution in [2.24, 2.45) is 0 Å². The Labute approximate surface area is 130 Å². The number of nitrogens with zero attached hydrogens (tertiary/aromatic N) is 1. The highest BCUT2D eigenvalue weighted by Crippen LogP contribution is 2.30. The van der Waals surface area contributed by atoms with Gasteiger partial charge in [0, 0.05) is 33.0 Å². The van der Waals surface area contributed by atoms with E-state index in [0.29, 0.717) is 5.88 Å². The second kappa shape index (κ2) is 5.81. The quantitative estimate of drug-likeness (QED) is 0.635. The number of anilines is 2. The summed E-state index contributed by atoms with van der Waals surface area (Å²) in [6, 6.07) is 16.1. The molecular weight excluding hydrogens is 336 g/mol. The van der Waals surface area contributed by atoms with Gasteiger partial charge in [-0.3, -0.25) is 0 Å². The van der Waals surface area contributed by atoms with Gasteiger partial charge in [0.05, 0.1) is 0 Å². The van der Waals surface area contributed by atoms with Crippen molar-refractivity contribution in [2.75, 3.05) is 5.32 Å². The molecule has 0 saturated carbocycles. The number of aromatic nitrogens is 1. The lowest BCUT2D eigenvalue weighted by molar-refractivity contribution is 1.31. The molecule has 1 N–H and O–H groups in total. The Kier molecular flexibility index (Phi) is 3.90. The fraction of sp³-hybridized carbons (Fsp3) is 0.0625. The smallest absolute Gasteiger partial charge is 0.138 e. The minimum atomic E-state index is 0.470. The van der Waals surface area contributed by atoms with Crippen LogP contribution in [0.2, 0.25) is 0 Å². The van der Waals surface area contributed by atoms with E-state index >= 15 is 0 Å². The van der Waals surface area contributed by atoms with Crippen molar-refractivity contribution in [2.45, 2.75) is 5.88 Å².